The van der Waals surface area contributed by atoms with Crippen molar-refractivity contribution in [2.24, 2.45) is 10.8 Å². The SMILES string of the molecule is CC.CC.CC1=NN(C(=O)c2ccc(Cl)cc2)C(=O)C1N.Nc1ccc(S(=O)Nc2ccnn2-c2ccccc2)cc1. The number of carbonyl (C=O) groups is 2. The van der Waals surface area contributed by atoms with Gasteiger partial charge >= 0.3 is 0 Å². The second kappa shape index (κ2) is 16.8. The largest absolute Gasteiger partial charge is 0.399 e. The Balaban J connectivity index is 0.000000267. The predicted molar refractivity (Wildman–Crippen MR) is 171 cm³/mol. The van der Waals surface area contributed by atoms with Crippen molar-refractivity contribution in [2.45, 2.75) is 45.6 Å². The molecule has 2 amide bonds. The Morgan fingerprint density at radius 2 is 1.52 bits per heavy atom. The fourth-order valence-electron chi connectivity index (χ4n) is 3.34. The minimum Gasteiger partial charge on any atom is -0.399 e. The minimum atomic E-state index is -1.37. The molecule has 42 heavy (non-hydrogen) atoms. The molecule has 1 aromatic heterocycles. The second-order valence-electron chi connectivity index (χ2n) is 8.08. The molecule has 2 unspecified atom stereocenters. The Labute approximate surface area is 253 Å². The Bertz CT molecular complexity index is 1490. The smallest absolute Gasteiger partial charge is 0.281 e. The molecule has 222 valence electrons. The molecule has 3 aromatic carbocycles. The molecule has 10 nitrogen and oxygen atoms in total. The van der Waals surface area contributed by atoms with Gasteiger partial charge in [-0.15, -0.1) is 0 Å². The van der Waals surface area contributed by atoms with E-state index < -0.39 is 28.8 Å². The maximum atomic E-state index is 12.3. The van der Waals surface area contributed by atoms with Crippen molar-refractivity contribution in [1.29, 1.82) is 0 Å². The van der Waals surface area contributed by atoms with Gasteiger partial charge in [-0.1, -0.05) is 57.5 Å². The summed E-state index contributed by atoms with van der Waals surface area (Å²) in [4.78, 5) is 24.3. The van der Waals surface area contributed by atoms with Gasteiger partial charge < -0.3 is 11.5 Å². The Kier molecular flexibility index (Phi) is 13.6. The van der Waals surface area contributed by atoms with Crippen LogP contribution in [0.15, 0.2) is 101 Å². The molecule has 0 radical (unpaired) electrons. The van der Waals surface area contributed by atoms with Crippen molar-refractivity contribution in [2.75, 3.05) is 10.5 Å². The number of rotatable bonds is 5. The molecule has 5 N–H and O–H groups in total. The van der Waals surface area contributed by atoms with Crippen LogP contribution >= 0.6 is 11.6 Å². The van der Waals surface area contributed by atoms with Crippen LogP contribution in [0.25, 0.3) is 5.69 Å². The third-order valence-electron chi connectivity index (χ3n) is 5.40. The standard InChI is InChI=1S/C15H14N4OS.C11H10ClN3O2.2C2H6/c16-12-6-8-14(9-7-12)21(20)18-15-10-11-17-19(15)13-4-2-1-3-5-13;1-6-9(13)11(17)15(14-6)10(16)7-2-4-8(12)5-3-7;2*1-2/h1-11,18H,16H2;2-5,9H,13H2,1H3;2*1-2H3. The lowest BCUT2D eigenvalue weighted by molar-refractivity contribution is -0.127. The summed E-state index contributed by atoms with van der Waals surface area (Å²) in [6, 6.07) is 23.8. The number of nitrogen functional groups attached to an aromatic ring is 1. The zero-order valence-electron chi connectivity index (χ0n) is 24.2. The van der Waals surface area contributed by atoms with Crippen LogP contribution in [0.2, 0.25) is 5.02 Å². The lowest BCUT2D eigenvalue weighted by Gasteiger charge is -2.10. The van der Waals surface area contributed by atoms with Crippen LogP contribution in [0.3, 0.4) is 0 Å². The summed E-state index contributed by atoms with van der Waals surface area (Å²) in [7, 11) is -1.37. The third kappa shape index (κ3) is 8.84. The van der Waals surface area contributed by atoms with Gasteiger partial charge in [0.1, 0.15) is 11.9 Å². The highest BCUT2D eigenvalue weighted by Gasteiger charge is 2.35. The van der Waals surface area contributed by atoms with Crippen molar-refractivity contribution in [3.05, 3.63) is 102 Å². The number of nitrogens with one attached hydrogen (secondary N) is 1. The average Bonchev–Trinajstić information content (AvgIpc) is 3.60. The number of nitrogens with two attached hydrogens (primary N) is 2. The highest BCUT2D eigenvalue weighted by atomic mass is 35.5. The van der Waals surface area contributed by atoms with Crippen LogP contribution < -0.4 is 16.2 Å². The van der Waals surface area contributed by atoms with E-state index in [9.17, 15) is 13.8 Å². The van der Waals surface area contributed by atoms with Gasteiger partial charge in [0.25, 0.3) is 11.8 Å². The van der Waals surface area contributed by atoms with Crippen molar-refractivity contribution < 1.29 is 13.8 Å². The summed E-state index contributed by atoms with van der Waals surface area (Å²) < 4.78 is 17.0. The molecular weight excluding hydrogens is 574 g/mol. The van der Waals surface area contributed by atoms with Gasteiger partial charge in [-0.3, -0.25) is 14.3 Å². The summed E-state index contributed by atoms with van der Waals surface area (Å²) in [5.74, 6) is -0.349. The van der Waals surface area contributed by atoms with E-state index in [1.54, 1.807) is 60.3 Å². The first-order valence-corrected chi connectivity index (χ1v) is 14.9. The van der Waals surface area contributed by atoms with Crippen LogP contribution in [0.5, 0.6) is 0 Å². The highest BCUT2D eigenvalue weighted by Crippen LogP contribution is 2.18. The third-order valence-corrected chi connectivity index (χ3v) is 6.75. The van der Waals surface area contributed by atoms with Crippen molar-refractivity contribution in [3.8, 4) is 5.69 Å². The van der Waals surface area contributed by atoms with Crippen LogP contribution in [0, 0.1) is 0 Å². The molecule has 0 saturated carbocycles. The van der Waals surface area contributed by atoms with Crippen molar-refractivity contribution in [1.82, 2.24) is 14.8 Å². The number of para-hydroxylation sites is 1. The lowest BCUT2D eigenvalue weighted by atomic mass is 10.2. The van der Waals surface area contributed by atoms with E-state index >= 15 is 0 Å². The average molecular weight is 610 g/mol. The van der Waals surface area contributed by atoms with Gasteiger partial charge in [-0.05, 0) is 67.6 Å². The van der Waals surface area contributed by atoms with E-state index in [1.165, 1.54) is 12.1 Å². The summed E-state index contributed by atoms with van der Waals surface area (Å²) >= 11 is 5.71. The highest BCUT2D eigenvalue weighted by molar-refractivity contribution is 7.86. The van der Waals surface area contributed by atoms with Gasteiger partial charge in [0, 0.05) is 22.3 Å². The summed E-state index contributed by atoms with van der Waals surface area (Å²) in [5.41, 5.74) is 13.5. The number of hydrogen-bond donors (Lipinski definition) is 3. The molecule has 5 rings (SSSR count). The van der Waals surface area contributed by atoms with E-state index in [4.69, 9.17) is 23.1 Å². The summed E-state index contributed by atoms with van der Waals surface area (Å²) in [6.07, 6.45) is 1.66. The number of anilines is 2. The van der Waals surface area contributed by atoms with Gasteiger partial charge in [0.2, 0.25) is 0 Å². The van der Waals surface area contributed by atoms with Crippen molar-refractivity contribution >= 4 is 51.6 Å². The number of amides is 2. The molecule has 12 heteroatoms. The fraction of sp³-hybridized carbons (Fsp3) is 0.200. The minimum absolute atomic E-state index is 0.341. The van der Waals surface area contributed by atoms with E-state index in [2.05, 4.69) is 14.9 Å². The quantitative estimate of drug-likeness (QED) is 0.196. The molecule has 0 fully saturated rings. The number of hydrazone groups is 1. The Morgan fingerprint density at radius 1 is 0.929 bits per heavy atom. The molecule has 0 saturated heterocycles. The zero-order valence-corrected chi connectivity index (χ0v) is 25.8. The van der Waals surface area contributed by atoms with Gasteiger partial charge in [-0.25, -0.2) is 8.89 Å². The Hall–Kier alpha value is -4.32. The number of imide groups is 1. The maximum Gasteiger partial charge on any atom is 0.281 e. The number of carbonyl (C=O) groups excluding carboxylic acids is 2. The van der Waals surface area contributed by atoms with Crippen LogP contribution in [-0.4, -0.2) is 42.6 Å². The molecule has 4 aromatic rings. The monoisotopic (exact) mass is 609 g/mol. The van der Waals surface area contributed by atoms with Crippen LogP contribution in [0.1, 0.15) is 45.0 Å². The number of nitrogens with zero attached hydrogens (tertiary/aromatic N) is 4. The first-order chi connectivity index (χ1) is 20.2. The second-order valence-corrected chi connectivity index (χ2v) is 9.73. The van der Waals surface area contributed by atoms with Gasteiger partial charge in [0.15, 0.2) is 11.0 Å². The van der Waals surface area contributed by atoms with Crippen LogP contribution in [-0.2, 0) is 15.8 Å². The number of halogens is 1. The van der Waals surface area contributed by atoms with Gasteiger partial charge in [-0.2, -0.15) is 15.2 Å². The molecule has 2 heterocycles. The van der Waals surface area contributed by atoms with Crippen LogP contribution in [0.4, 0.5) is 11.5 Å². The van der Waals surface area contributed by atoms with E-state index in [0.717, 1.165) is 10.7 Å². The number of benzene rings is 3. The zero-order chi connectivity index (χ0) is 31.2. The molecule has 0 bridgehead atoms. The van der Waals surface area contributed by atoms with Gasteiger partial charge in [0.05, 0.1) is 22.5 Å². The number of aromatic nitrogens is 2. The molecule has 2 atom stereocenters. The summed E-state index contributed by atoms with van der Waals surface area (Å²) in [6.45, 7) is 9.61. The topological polar surface area (TPSA) is 149 Å². The van der Waals surface area contributed by atoms with E-state index in [1.807, 2.05) is 58.0 Å². The van der Waals surface area contributed by atoms with E-state index in [-0.39, 0.29) is 0 Å². The fourth-order valence-corrected chi connectivity index (χ4v) is 4.31. The lowest BCUT2D eigenvalue weighted by Crippen LogP contribution is -2.40. The van der Waals surface area contributed by atoms with E-state index in [0.29, 0.717) is 32.7 Å². The molecule has 0 aliphatic carbocycles. The first-order valence-electron chi connectivity index (χ1n) is 13.3. The molecule has 1 aliphatic rings. The maximum absolute atomic E-state index is 12.3. The molecular formula is C30H36ClN7O3S. The Morgan fingerprint density at radius 3 is 2.07 bits per heavy atom. The molecule has 1 aliphatic heterocycles. The predicted octanol–water partition coefficient (Wildman–Crippen LogP) is 5.67. The summed E-state index contributed by atoms with van der Waals surface area (Å²) in [5, 5.41) is 9.40. The normalized spacial score (nSPS) is 14.2. The molecule has 0 spiro atoms. The number of hydrogen-bond acceptors (Lipinski definition) is 7. The van der Waals surface area contributed by atoms with Crippen molar-refractivity contribution in [3.63, 3.8) is 0 Å². The first kappa shape index (κ1) is 33.9.